The molecule has 88 valence electrons. The summed E-state index contributed by atoms with van der Waals surface area (Å²) in [4.78, 5) is 0. The second-order valence-corrected chi connectivity index (χ2v) is 4.04. The lowest BCUT2D eigenvalue weighted by Gasteiger charge is -2.09. The Bertz CT molecular complexity index is 378. The maximum atomic E-state index is 5.24. The molecule has 0 bridgehead atoms. The van der Waals surface area contributed by atoms with E-state index in [1.807, 2.05) is 31.3 Å². The molecule has 0 atom stereocenters. The molecule has 3 nitrogen and oxygen atoms in total. The van der Waals surface area contributed by atoms with Crippen LogP contribution in [0.5, 0.6) is 11.5 Å². The molecule has 16 heavy (non-hydrogen) atoms. The third-order valence-electron chi connectivity index (χ3n) is 2.12. The number of rotatable bonds is 5. The summed E-state index contributed by atoms with van der Waals surface area (Å²) in [6, 6.07) is 3.84. The Labute approximate surface area is 105 Å². The third-order valence-corrected chi connectivity index (χ3v) is 2.81. The molecule has 0 fully saturated rings. The van der Waals surface area contributed by atoms with Crippen molar-refractivity contribution in [3.8, 4) is 11.5 Å². The Morgan fingerprint density at radius 3 is 2.44 bits per heavy atom. The minimum atomic E-state index is 0.722. The van der Waals surface area contributed by atoms with Crippen LogP contribution in [-0.2, 0) is 0 Å². The zero-order valence-electron chi connectivity index (χ0n) is 9.71. The molecule has 0 amide bonds. The highest BCUT2D eigenvalue weighted by Gasteiger charge is 2.07. The van der Waals surface area contributed by atoms with Crippen LogP contribution in [0.2, 0.25) is 0 Å². The van der Waals surface area contributed by atoms with Crippen LogP contribution >= 0.6 is 15.9 Å². The second kappa shape index (κ2) is 6.55. The molecule has 4 heteroatoms. The smallest absolute Gasteiger partial charge is 0.161 e. The van der Waals surface area contributed by atoms with Crippen molar-refractivity contribution in [1.82, 2.24) is 5.32 Å². The summed E-state index contributed by atoms with van der Waals surface area (Å²) in [6.07, 6.45) is 4.08. The minimum absolute atomic E-state index is 0.722. The van der Waals surface area contributed by atoms with Gasteiger partial charge in [0, 0.05) is 11.0 Å². The highest BCUT2D eigenvalue weighted by molar-refractivity contribution is 9.10. The van der Waals surface area contributed by atoms with Gasteiger partial charge in [-0.3, -0.25) is 0 Å². The summed E-state index contributed by atoms with van der Waals surface area (Å²) < 4.78 is 11.4. The van der Waals surface area contributed by atoms with Gasteiger partial charge in [0.05, 0.1) is 14.2 Å². The van der Waals surface area contributed by atoms with Gasteiger partial charge in [-0.05, 0) is 24.7 Å². The zero-order chi connectivity index (χ0) is 12.0. The van der Waals surface area contributed by atoms with Crippen LogP contribution in [0.1, 0.15) is 5.56 Å². The van der Waals surface area contributed by atoms with E-state index in [4.69, 9.17) is 9.47 Å². The molecule has 0 radical (unpaired) electrons. The number of benzene rings is 1. The van der Waals surface area contributed by atoms with Crippen LogP contribution in [0.25, 0.3) is 6.08 Å². The van der Waals surface area contributed by atoms with Crippen LogP contribution in [0.4, 0.5) is 0 Å². The van der Waals surface area contributed by atoms with Crippen LogP contribution in [-0.4, -0.2) is 27.8 Å². The predicted molar refractivity (Wildman–Crippen MR) is 70.2 cm³/mol. The van der Waals surface area contributed by atoms with Crippen molar-refractivity contribution < 1.29 is 9.47 Å². The molecule has 0 aliphatic rings. The van der Waals surface area contributed by atoms with Crippen molar-refractivity contribution in [3.05, 3.63) is 28.2 Å². The van der Waals surface area contributed by atoms with Gasteiger partial charge in [-0.15, -0.1) is 0 Å². The lowest BCUT2D eigenvalue weighted by molar-refractivity contribution is 0.354. The molecule has 1 aromatic rings. The Hall–Kier alpha value is -1.00. The van der Waals surface area contributed by atoms with E-state index in [1.54, 1.807) is 14.2 Å². The molecule has 0 aliphatic heterocycles. The molecular formula is C12H16BrNO2. The van der Waals surface area contributed by atoms with Crippen molar-refractivity contribution in [1.29, 1.82) is 0 Å². The number of likely N-dealkylation sites (N-methyl/N-ethyl adjacent to an activating group) is 1. The first kappa shape index (κ1) is 13.1. The Morgan fingerprint density at radius 1 is 1.25 bits per heavy atom. The predicted octanol–water partition coefficient (Wildman–Crippen LogP) is 2.70. The average molecular weight is 286 g/mol. The van der Waals surface area contributed by atoms with E-state index in [2.05, 4.69) is 21.2 Å². The fourth-order valence-corrected chi connectivity index (χ4v) is 1.76. The van der Waals surface area contributed by atoms with Gasteiger partial charge in [0.25, 0.3) is 0 Å². The van der Waals surface area contributed by atoms with Crippen LogP contribution < -0.4 is 14.8 Å². The van der Waals surface area contributed by atoms with E-state index < -0.39 is 0 Å². The first-order valence-corrected chi connectivity index (χ1v) is 5.75. The zero-order valence-corrected chi connectivity index (χ0v) is 11.3. The minimum Gasteiger partial charge on any atom is -0.493 e. The van der Waals surface area contributed by atoms with E-state index in [-0.39, 0.29) is 0 Å². The van der Waals surface area contributed by atoms with E-state index >= 15 is 0 Å². The highest BCUT2D eigenvalue weighted by Crippen LogP contribution is 2.33. The van der Waals surface area contributed by atoms with Gasteiger partial charge < -0.3 is 14.8 Å². The molecule has 0 saturated carbocycles. The Kier molecular flexibility index (Phi) is 5.35. The lowest BCUT2D eigenvalue weighted by atomic mass is 10.2. The SMILES string of the molecule is CNCC=Cc1cc(OC)c(OC)cc1Br. The summed E-state index contributed by atoms with van der Waals surface area (Å²) in [7, 11) is 5.17. The first-order chi connectivity index (χ1) is 7.72. The monoisotopic (exact) mass is 285 g/mol. The molecule has 0 aromatic heterocycles. The van der Waals surface area contributed by atoms with Gasteiger partial charge in [0.15, 0.2) is 11.5 Å². The number of ether oxygens (including phenoxy) is 2. The third kappa shape index (κ3) is 3.25. The quantitative estimate of drug-likeness (QED) is 0.902. The van der Waals surface area contributed by atoms with Gasteiger partial charge in [0.1, 0.15) is 0 Å². The van der Waals surface area contributed by atoms with Crippen molar-refractivity contribution in [3.63, 3.8) is 0 Å². The summed E-state index contributed by atoms with van der Waals surface area (Å²) in [5.41, 5.74) is 1.06. The maximum absolute atomic E-state index is 5.24. The van der Waals surface area contributed by atoms with Crippen LogP contribution in [0.15, 0.2) is 22.7 Å². The normalized spacial score (nSPS) is 10.8. The molecule has 0 aliphatic carbocycles. The topological polar surface area (TPSA) is 30.5 Å². The summed E-state index contributed by atoms with van der Waals surface area (Å²) in [5, 5.41) is 3.05. The standard InChI is InChI=1S/C12H16BrNO2/c1-14-6-4-5-9-7-11(15-2)12(16-3)8-10(9)13/h4-5,7-8,14H,6H2,1-3H3. The molecule has 0 unspecified atom stereocenters. The van der Waals surface area contributed by atoms with Crippen molar-refractivity contribution in [2.24, 2.45) is 0 Å². The number of methoxy groups -OCH3 is 2. The van der Waals surface area contributed by atoms with Gasteiger partial charge in [-0.25, -0.2) is 0 Å². The van der Waals surface area contributed by atoms with Crippen molar-refractivity contribution in [2.75, 3.05) is 27.8 Å². The summed E-state index contributed by atoms with van der Waals surface area (Å²) in [5.74, 6) is 1.45. The molecule has 1 rings (SSSR count). The Morgan fingerprint density at radius 2 is 1.88 bits per heavy atom. The lowest BCUT2D eigenvalue weighted by Crippen LogP contribution is -2.03. The Balaban J connectivity index is 3.01. The molecule has 1 aromatic carbocycles. The molecule has 0 saturated heterocycles. The van der Waals surface area contributed by atoms with Crippen LogP contribution in [0.3, 0.4) is 0 Å². The molecule has 1 N–H and O–H groups in total. The van der Waals surface area contributed by atoms with Crippen molar-refractivity contribution in [2.45, 2.75) is 0 Å². The number of hydrogen-bond acceptors (Lipinski definition) is 3. The maximum Gasteiger partial charge on any atom is 0.161 e. The number of nitrogens with one attached hydrogen (secondary N) is 1. The molecule has 0 heterocycles. The van der Waals surface area contributed by atoms with E-state index in [9.17, 15) is 0 Å². The van der Waals surface area contributed by atoms with Gasteiger partial charge >= 0.3 is 0 Å². The van der Waals surface area contributed by atoms with E-state index in [1.165, 1.54) is 0 Å². The first-order valence-electron chi connectivity index (χ1n) is 4.95. The largest absolute Gasteiger partial charge is 0.493 e. The fourth-order valence-electron chi connectivity index (χ4n) is 1.30. The highest BCUT2D eigenvalue weighted by atomic mass is 79.9. The molecular weight excluding hydrogens is 270 g/mol. The summed E-state index contributed by atoms with van der Waals surface area (Å²) >= 11 is 3.50. The van der Waals surface area contributed by atoms with Gasteiger partial charge in [-0.1, -0.05) is 28.1 Å². The van der Waals surface area contributed by atoms with E-state index in [0.29, 0.717) is 0 Å². The van der Waals surface area contributed by atoms with Crippen LogP contribution in [0, 0.1) is 0 Å². The van der Waals surface area contributed by atoms with E-state index in [0.717, 1.165) is 28.1 Å². The van der Waals surface area contributed by atoms with Gasteiger partial charge in [0.2, 0.25) is 0 Å². The molecule has 0 spiro atoms. The fraction of sp³-hybridized carbons (Fsp3) is 0.333. The van der Waals surface area contributed by atoms with Crippen molar-refractivity contribution >= 4 is 22.0 Å². The number of hydrogen-bond donors (Lipinski definition) is 1. The average Bonchev–Trinajstić information content (AvgIpc) is 2.31. The van der Waals surface area contributed by atoms with Gasteiger partial charge in [-0.2, -0.15) is 0 Å². The second-order valence-electron chi connectivity index (χ2n) is 3.19. The summed E-state index contributed by atoms with van der Waals surface area (Å²) in [6.45, 7) is 0.834. The number of halogens is 1.